The fourth-order valence-electron chi connectivity index (χ4n) is 3.32. The number of methoxy groups -OCH3 is 1. The lowest BCUT2D eigenvalue weighted by molar-refractivity contribution is 0.102. The molecule has 0 atom stereocenters. The first-order valence-electron chi connectivity index (χ1n) is 8.94. The monoisotopic (exact) mass is 461 g/mol. The highest BCUT2D eigenvalue weighted by Gasteiger charge is 2.18. The third-order valence-electron chi connectivity index (χ3n) is 4.66. The zero-order valence-electron chi connectivity index (χ0n) is 15.6. The number of halogens is 1. The number of thiazole rings is 1. The molecule has 3 aromatic rings. The number of benzene rings is 2. The van der Waals surface area contributed by atoms with Crippen LogP contribution in [0.5, 0.6) is 5.75 Å². The van der Waals surface area contributed by atoms with E-state index in [1.54, 1.807) is 13.2 Å². The molecule has 6 nitrogen and oxygen atoms in total. The largest absolute Gasteiger partial charge is 0.496 e. The lowest BCUT2D eigenvalue weighted by Crippen LogP contribution is -2.36. The number of aromatic nitrogens is 1. The molecule has 1 saturated heterocycles. The fourth-order valence-corrected chi connectivity index (χ4v) is 4.79. The molecule has 1 aliphatic rings. The smallest absolute Gasteiger partial charge is 0.261 e. The van der Waals surface area contributed by atoms with Crippen LogP contribution in [0.15, 0.2) is 34.8 Å². The van der Waals surface area contributed by atoms with Gasteiger partial charge in [0.15, 0.2) is 5.13 Å². The Morgan fingerprint density at radius 2 is 2.07 bits per heavy atom. The predicted octanol–water partition coefficient (Wildman–Crippen LogP) is 4.46. The molecule has 4 rings (SSSR count). The summed E-state index contributed by atoms with van der Waals surface area (Å²) in [5.74, 6) is 0.324. The van der Waals surface area contributed by atoms with Crippen molar-refractivity contribution in [3.05, 3.63) is 45.9 Å². The minimum absolute atomic E-state index is 0.242. The molecule has 1 amide bonds. The van der Waals surface area contributed by atoms with Gasteiger partial charge < -0.3 is 14.4 Å². The van der Waals surface area contributed by atoms with Gasteiger partial charge in [-0.05, 0) is 42.8 Å². The van der Waals surface area contributed by atoms with Crippen LogP contribution < -0.4 is 15.0 Å². The third kappa shape index (κ3) is 3.85. The van der Waals surface area contributed by atoms with Gasteiger partial charge in [-0.15, -0.1) is 0 Å². The van der Waals surface area contributed by atoms with Crippen molar-refractivity contribution in [1.82, 2.24) is 4.98 Å². The van der Waals surface area contributed by atoms with E-state index < -0.39 is 0 Å². The number of rotatable bonds is 4. The van der Waals surface area contributed by atoms with Crippen LogP contribution in [0, 0.1) is 6.92 Å². The summed E-state index contributed by atoms with van der Waals surface area (Å²) in [6.45, 7) is 5.17. The summed E-state index contributed by atoms with van der Waals surface area (Å²) in [5, 5.41) is 3.48. The highest BCUT2D eigenvalue weighted by atomic mass is 79.9. The number of anilines is 2. The molecular weight excluding hydrogens is 442 g/mol. The van der Waals surface area contributed by atoms with Gasteiger partial charge >= 0.3 is 0 Å². The van der Waals surface area contributed by atoms with Gasteiger partial charge in [0.05, 0.1) is 36.1 Å². The first kappa shape index (κ1) is 19.2. The van der Waals surface area contributed by atoms with Gasteiger partial charge in [0, 0.05) is 23.2 Å². The molecule has 1 aliphatic heterocycles. The van der Waals surface area contributed by atoms with Gasteiger partial charge in [-0.25, -0.2) is 4.98 Å². The van der Waals surface area contributed by atoms with E-state index in [0.717, 1.165) is 52.2 Å². The predicted molar refractivity (Wildman–Crippen MR) is 116 cm³/mol. The molecule has 146 valence electrons. The van der Waals surface area contributed by atoms with Crippen LogP contribution in [0.25, 0.3) is 10.2 Å². The molecule has 0 unspecified atom stereocenters. The van der Waals surface area contributed by atoms with Crippen molar-refractivity contribution < 1.29 is 14.3 Å². The van der Waals surface area contributed by atoms with Crippen molar-refractivity contribution in [3.8, 4) is 5.75 Å². The number of nitrogens with one attached hydrogen (secondary N) is 1. The van der Waals surface area contributed by atoms with Gasteiger partial charge in [-0.3, -0.25) is 10.1 Å². The van der Waals surface area contributed by atoms with Crippen LogP contribution in [0.3, 0.4) is 0 Å². The molecule has 0 saturated carbocycles. The Balaban J connectivity index is 1.59. The maximum absolute atomic E-state index is 12.8. The summed E-state index contributed by atoms with van der Waals surface area (Å²) in [7, 11) is 1.57. The van der Waals surface area contributed by atoms with Crippen molar-refractivity contribution in [2.24, 2.45) is 0 Å². The van der Waals surface area contributed by atoms with E-state index in [-0.39, 0.29) is 5.91 Å². The van der Waals surface area contributed by atoms with E-state index in [4.69, 9.17) is 9.47 Å². The summed E-state index contributed by atoms with van der Waals surface area (Å²) in [5.41, 5.74) is 3.39. The standard InChI is InChI=1S/C20H20BrN3O3S/c1-12-9-13(21)10-15(18(12)26-2)19(25)23-20-22-16-4-3-14(11-17(16)28-20)24-5-7-27-8-6-24/h3-4,9-11H,5-8H2,1-2H3,(H,22,23,25). The summed E-state index contributed by atoms with van der Waals surface area (Å²) >= 11 is 4.91. The molecule has 0 aliphatic carbocycles. The van der Waals surface area contributed by atoms with Crippen molar-refractivity contribution in [2.75, 3.05) is 43.6 Å². The summed E-state index contributed by atoms with van der Waals surface area (Å²) in [4.78, 5) is 19.7. The highest BCUT2D eigenvalue weighted by molar-refractivity contribution is 9.10. The summed E-state index contributed by atoms with van der Waals surface area (Å²) < 4.78 is 12.7. The Kier molecular flexibility index (Phi) is 5.52. The van der Waals surface area contributed by atoms with Gasteiger partial charge in [0.25, 0.3) is 5.91 Å². The average molecular weight is 462 g/mol. The Labute approximate surface area is 175 Å². The van der Waals surface area contributed by atoms with Crippen molar-refractivity contribution >= 4 is 54.2 Å². The quantitative estimate of drug-likeness (QED) is 0.620. The number of hydrogen-bond acceptors (Lipinski definition) is 6. The SMILES string of the molecule is COc1c(C)cc(Br)cc1C(=O)Nc1nc2ccc(N3CCOCC3)cc2s1. The van der Waals surface area contributed by atoms with Gasteiger partial charge in [0.2, 0.25) is 0 Å². The zero-order valence-corrected chi connectivity index (χ0v) is 18.0. The van der Waals surface area contributed by atoms with Crippen molar-refractivity contribution in [1.29, 1.82) is 0 Å². The molecule has 1 N–H and O–H groups in total. The van der Waals surface area contributed by atoms with E-state index in [9.17, 15) is 4.79 Å². The Morgan fingerprint density at radius 3 is 2.82 bits per heavy atom. The normalized spacial score (nSPS) is 14.3. The molecule has 1 aromatic heterocycles. The van der Waals surface area contributed by atoms with Gasteiger partial charge in [-0.2, -0.15) is 0 Å². The molecule has 0 bridgehead atoms. The number of aryl methyl sites for hydroxylation is 1. The van der Waals surface area contributed by atoms with Crippen LogP contribution >= 0.6 is 27.3 Å². The first-order valence-corrected chi connectivity index (χ1v) is 10.5. The minimum Gasteiger partial charge on any atom is -0.496 e. The zero-order chi connectivity index (χ0) is 19.7. The van der Waals surface area contributed by atoms with E-state index in [1.165, 1.54) is 11.3 Å². The maximum Gasteiger partial charge on any atom is 0.261 e. The van der Waals surface area contributed by atoms with Crippen LogP contribution in [0.2, 0.25) is 0 Å². The number of ether oxygens (including phenoxy) is 2. The van der Waals surface area contributed by atoms with E-state index in [0.29, 0.717) is 16.4 Å². The fraction of sp³-hybridized carbons (Fsp3) is 0.300. The summed E-state index contributed by atoms with van der Waals surface area (Å²) in [6.07, 6.45) is 0. The molecular formula is C20H20BrN3O3S. The molecule has 2 aromatic carbocycles. The second-order valence-corrected chi connectivity index (χ2v) is 8.47. The van der Waals surface area contributed by atoms with Crippen LogP contribution in [-0.2, 0) is 4.74 Å². The number of nitrogens with zero attached hydrogens (tertiary/aromatic N) is 2. The second kappa shape index (κ2) is 8.06. The number of fused-ring (bicyclic) bond motifs is 1. The van der Waals surface area contributed by atoms with E-state index in [2.05, 4.69) is 43.3 Å². The van der Waals surface area contributed by atoms with Gasteiger partial charge in [0.1, 0.15) is 5.75 Å². The lowest BCUT2D eigenvalue weighted by Gasteiger charge is -2.28. The summed E-state index contributed by atoms with van der Waals surface area (Å²) in [6, 6.07) is 9.86. The Bertz CT molecular complexity index is 1030. The van der Waals surface area contributed by atoms with Crippen LogP contribution in [0.1, 0.15) is 15.9 Å². The number of hydrogen-bond donors (Lipinski definition) is 1. The number of amides is 1. The Hall–Kier alpha value is -2.16. The van der Waals surface area contributed by atoms with E-state index >= 15 is 0 Å². The number of carbonyl (C=O) groups excluding carboxylic acids is 1. The molecule has 1 fully saturated rings. The lowest BCUT2D eigenvalue weighted by atomic mass is 10.1. The first-order chi connectivity index (χ1) is 13.5. The topological polar surface area (TPSA) is 63.7 Å². The van der Waals surface area contributed by atoms with Crippen LogP contribution in [0.4, 0.5) is 10.8 Å². The highest BCUT2D eigenvalue weighted by Crippen LogP contribution is 2.32. The molecule has 0 spiro atoms. The second-order valence-electron chi connectivity index (χ2n) is 6.53. The van der Waals surface area contributed by atoms with Crippen molar-refractivity contribution in [2.45, 2.75) is 6.92 Å². The number of carbonyl (C=O) groups is 1. The molecule has 8 heteroatoms. The third-order valence-corrected chi connectivity index (χ3v) is 6.05. The average Bonchev–Trinajstić information content (AvgIpc) is 3.09. The molecule has 2 heterocycles. The van der Waals surface area contributed by atoms with Crippen molar-refractivity contribution in [3.63, 3.8) is 0 Å². The van der Waals surface area contributed by atoms with E-state index in [1.807, 2.05) is 19.1 Å². The van der Waals surface area contributed by atoms with Crippen LogP contribution in [-0.4, -0.2) is 44.3 Å². The maximum atomic E-state index is 12.8. The van der Waals surface area contributed by atoms with Gasteiger partial charge in [-0.1, -0.05) is 27.3 Å². The minimum atomic E-state index is -0.242. The molecule has 28 heavy (non-hydrogen) atoms. The Morgan fingerprint density at radius 1 is 1.29 bits per heavy atom. The number of morpholine rings is 1. The molecule has 0 radical (unpaired) electrons.